The summed E-state index contributed by atoms with van der Waals surface area (Å²) in [6.45, 7) is 1.44. The van der Waals surface area contributed by atoms with Crippen molar-refractivity contribution >= 4 is 45.6 Å². The van der Waals surface area contributed by atoms with Crippen molar-refractivity contribution in [2.45, 2.75) is 6.92 Å². The summed E-state index contributed by atoms with van der Waals surface area (Å²) in [5.41, 5.74) is 3.54. The third kappa shape index (κ3) is 3.73. The number of anilines is 2. The van der Waals surface area contributed by atoms with Crippen molar-refractivity contribution in [3.8, 4) is 10.7 Å². The largest absolute Gasteiger partial charge is 0.337 e. The maximum Gasteiger partial charge on any atom is 0.255 e. The zero-order chi connectivity index (χ0) is 18.8. The molecule has 0 radical (unpaired) electrons. The van der Waals surface area contributed by atoms with Crippen molar-refractivity contribution in [1.82, 2.24) is 9.97 Å². The lowest BCUT2D eigenvalue weighted by Crippen LogP contribution is -2.12. The molecule has 134 valence electrons. The van der Waals surface area contributed by atoms with Crippen LogP contribution in [0.25, 0.3) is 21.7 Å². The fourth-order valence-electron chi connectivity index (χ4n) is 2.73. The van der Waals surface area contributed by atoms with Crippen molar-refractivity contribution in [2.75, 3.05) is 10.6 Å². The minimum absolute atomic E-state index is 0.151. The van der Waals surface area contributed by atoms with Gasteiger partial charge in [-0.05, 0) is 53.9 Å². The molecule has 2 amide bonds. The molecule has 2 aromatic carbocycles. The fraction of sp³-hybridized carbons (Fsp3) is 0.0500. The lowest BCUT2D eigenvalue weighted by molar-refractivity contribution is -0.114. The molecular formula is C20H16N4O2S. The number of amides is 2. The number of aromatic nitrogens is 2. The molecule has 4 aromatic rings. The number of benzene rings is 2. The molecular weight excluding hydrogens is 360 g/mol. The molecule has 4 rings (SSSR count). The van der Waals surface area contributed by atoms with E-state index in [1.54, 1.807) is 35.6 Å². The number of aromatic amines is 1. The molecule has 7 heteroatoms. The summed E-state index contributed by atoms with van der Waals surface area (Å²) in [6.07, 6.45) is 0. The van der Waals surface area contributed by atoms with Gasteiger partial charge in [0, 0.05) is 23.9 Å². The van der Waals surface area contributed by atoms with Crippen LogP contribution in [0.4, 0.5) is 11.4 Å². The summed E-state index contributed by atoms with van der Waals surface area (Å²) in [7, 11) is 0. The molecule has 0 unspecified atom stereocenters. The van der Waals surface area contributed by atoms with Crippen LogP contribution < -0.4 is 10.6 Å². The van der Waals surface area contributed by atoms with E-state index in [0.29, 0.717) is 16.9 Å². The Morgan fingerprint density at radius 2 is 1.78 bits per heavy atom. The van der Waals surface area contributed by atoms with E-state index < -0.39 is 0 Å². The Morgan fingerprint density at radius 3 is 2.48 bits per heavy atom. The molecule has 2 aromatic heterocycles. The summed E-state index contributed by atoms with van der Waals surface area (Å²) in [5.74, 6) is 0.445. The summed E-state index contributed by atoms with van der Waals surface area (Å²) in [6, 6.07) is 16.3. The lowest BCUT2D eigenvalue weighted by Gasteiger charge is -2.06. The molecule has 0 atom stereocenters. The van der Waals surface area contributed by atoms with E-state index in [1.807, 2.05) is 35.7 Å². The zero-order valence-electron chi connectivity index (χ0n) is 14.4. The normalized spacial score (nSPS) is 10.7. The van der Waals surface area contributed by atoms with E-state index >= 15 is 0 Å². The number of imidazole rings is 1. The molecule has 0 spiro atoms. The van der Waals surface area contributed by atoms with Gasteiger partial charge in [-0.15, -0.1) is 11.3 Å². The van der Waals surface area contributed by atoms with Gasteiger partial charge in [-0.3, -0.25) is 9.59 Å². The molecule has 0 fully saturated rings. The van der Waals surface area contributed by atoms with Gasteiger partial charge in [0.25, 0.3) is 5.91 Å². The van der Waals surface area contributed by atoms with E-state index in [-0.39, 0.29) is 11.8 Å². The van der Waals surface area contributed by atoms with E-state index in [2.05, 4.69) is 20.6 Å². The summed E-state index contributed by atoms with van der Waals surface area (Å²) >= 11 is 1.62. The molecule has 0 aliphatic rings. The lowest BCUT2D eigenvalue weighted by atomic mass is 10.2. The topological polar surface area (TPSA) is 86.9 Å². The number of rotatable bonds is 4. The molecule has 0 saturated carbocycles. The smallest absolute Gasteiger partial charge is 0.255 e. The Bertz CT molecular complexity index is 1110. The van der Waals surface area contributed by atoms with Crippen LogP contribution in [0.1, 0.15) is 17.3 Å². The van der Waals surface area contributed by atoms with Crippen molar-refractivity contribution < 1.29 is 9.59 Å². The van der Waals surface area contributed by atoms with Crippen LogP contribution in [0.15, 0.2) is 60.0 Å². The van der Waals surface area contributed by atoms with Gasteiger partial charge in [-0.1, -0.05) is 6.07 Å². The number of hydrogen-bond acceptors (Lipinski definition) is 4. The minimum atomic E-state index is -0.221. The van der Waals surface area contributed by atoms with Gasteiger partial charge >= 0.3 is 0 Å². The molecule has 0 bridgehead atoms. The Hall–Kier alpha value is -3.45. The highest BCUT2D eigenvalue weighted by Crippen LogP contribution is 2.26. The number of carbonyl (C=O) groups is 2. The van der Waals surface area contributed by atoms with Crippen LogP contribution >= 0.6 is 11.3 Å². The van der Waals surface area contributed by atoms with E-state index in [0.717, 1.165) is 21.7 Å². The highest BCUT2D eigenvalue weighted by molar-refractivity contribution is 7.13. The Balaban J connectivity index is 1.52. The predicted molar refractivity (Wildman–Crippen MR) is 108 cm³/mol. The Morgan fingerprint density at radius 1 is 1.00 bits per heavy atom. The second kappa shape index (κ2) is 7.05. The van der Waals surface area contributed by atoms with Crippen LogP contribution in [-0.4, -0.2) is 21.8 Å². The predicted octanol–water partition coefficient (Wildman–Crippen LogP) is 4.50. The first kappa shape index (κ1) is 17.0. The first-order valence-corrected chi connectivity index (χ1v) is 9.19. The third-order valence-corrected chi connectivity index (χ3v) is 4.84. The quantitative estimate of drug-likeness (QED) is 0.490. The summed E-state index contributed by atoms with van der Waals surface area (Å²) in [5, 5.41) is 7.56. The number of hydrogen-bond donors (Lipinski definition) is 3. The summed E-state index contributed by atoms with van der Waals surface area (Å²) in [4.78, 5) is 32.4. The van der Waals surface area contributed by atoms with Gasteiger partial charge < -0.3 is 15.6 Å². The van der Waals surface area contributed by atoms with Crippen LogP contribution in [0.5, 0.6) is 0 Å². The number of H-pyrrole nitrogens is 1. The number of carbonyl (C=O) groups excluding carboxylic acids is 2. The molecule has 0 aliphatic heterocycles. The maximum absolute atomic E-state index is 12.5. The van der Waals surface area contributed by atoms with Gasteiger partial charge in [0.1, 0.15) is 5.82 Å². The number of nitrogens with zero attached hydrogens (tertiary/aromatic N) is 1. The highest BCUT2D eigenvalue weighted by atomic mass is 32.1. The average Bonchev–Trinajstić information content (AvgIpc) is 3.31. The maximum atomic E-state index is 12.5. The number of nitrogens with one attached hydrogen (secondary N) is 3. The standard InChI is InChI=1S/C20H16N4O2S/c1-12(25)21-14-6-4-13(5-7-14)20(26)22-15-8-9-16-17(11-15)24-19(23-16)18-3-2-10-27-18/h2-11H,1H3,(H,21,25)(H,22,26)(H,23,24). The molecule has 6 nitrogen and oxygen atoms in total. The van der Waals surface area contributed by atoms with Crippen molar-refractivity contribution in [3.63, 3.8) is 0 Å². The SMILES string of the molecule is CC(=O)Nc1ccc(C(=O)Nc2ccc3nc(-c4cccs4)[nH]c3c2)cc1. The zero-order valence-corrected chi connectivity index (χ0v) is 15.3. The van der Waals surface area contributed by atoms with Gasteiger partial charge in [-0.2, -0.15) is 0 Å². The second-order valence-electron chi connectivity index (χ2n) is 6.01. The van der Waals surface area contributed by atoms with Crippen LogP contribution in [0, 0.1) is 0 Å². The van der Waals surface area contributed by atoms with Crippen molar-refractivity contribution in [3.05, 3.63) is 65.5 Å². The van der Waals surface area contributed by atoms with Crippen molar-refractivity contribution in [1.29, 1.82) is 0 Å². The molecule has 0 saturated heterocycles. The minimum Gasteiger partial charge on any atom is -0.337 e. The van der Waals surface area contributed by atoms with Crippen LogP contribution in [0.3, 0.4) is 0 Å². The molecule has 2 heterocycles. The second-order valence-corrected chi connectivity index (χ2v) is 6.95. The van der Waals surface area contributed by atoms with Crippen LogP contribution in [0.2, 0.25) is 0 Å². The first-order valence-electron chi connectivity index (χ1n) is 8.31. The Kier molecular flexibility index (Phi) is 4.43. The molecule has 27 heavy (non-hydrogen) atoms. The Labute approximate surface area is 159 Å². The molecule has 3 N–H and O–H groups in total. The highest BCUT2D eigenvalue weighted by Gasteiger charge is 2.10. The van der Waals surface area contributed by atoms with E-state index in [9.17, 15) is 9.59 Å². The van der Waals surface area contributed by atoms with E-state index in [1.165, 1.54) is 6.92 Å². The van der Waals surface area contributed by atoms with E-state index in [4.69, 9.17) is 0 Å². The monoisotopic (exact) mass is 376 g/mol. The van der Waals surface area contributed by atoms with Crippen LogP contribution in [-0.2, 0) is 4.79 Å². The van der Waals surface area contributed by atoms with Gasteiger partial charge in [0.15, 0.2) is 0 Å². The summed E-state index contributed by atoms with van der Waals surface area (Å²) < 4.78 is 0. The third-order valence-electron chi connectivity index (χ3n) is 3.96. The first-order chi connectivity index (χ1) is 13.1. The van der Waals surface area contributed by atoms with Gasteiger partial charge in [0.2, 0.25) is 5.91 Å². The van der Waals surface area contributed by atoms with Gasteiger partial charge in [-0.25, -0.2) is 4.98 Å². The number of thiophene rings is 1. The van der Waals surface area contributed by atoms with Gasteiger partial charge in [0.05, 0.1) is 15.9 Å². The fourth-order valence-corrected chi connectivity index (χ4v) is 3.40. The molecule has 0 aliphatic carbocycles. The van der Waals surface area contributed by atoms with Crippen molar-refractivity contribution in [2.24, 2.45) is 0 Å². The number of fused-ring (bicyclic) bond motifs is 1. The average molecular weight is 376 g/mol.